The smallest absolute Gasteiger partial charge is 0.394 e. The van der Waals surface area contributed by atoms with Crippen LogP contribution in [0.15, 0.2) is 53.5 Å². The van der Waals surface area contributed by atoms with Gasteiger partial charge in [0.2, 0.25) is 5.91 Å². The molecule has 1 atom stereocenters. The average Bonchev–Trinajstić information content (AvgIpc) is 2.69. The predicted octanol–water partition coefficient (Wildman–Crippen LogP) is 4.41. The van der Waals surface area contributed by atoms with Crippen LogP contribution in [-0.4, -0.2) is 22.2 Å². The maximum Gasteiger partial charge on any atom is 0.416 e. The topological polar surface area (TPSA) is 71.3 Å². The van der Waals surface area contributed by atoms with Crippen molar-refractivity contribution in [3.8, 4) is 0 Å². The van der Waals surface area contributed by atoms with Crippen LogP contribution < -0.4 is 10.9 Å². The first-order chi connectivity index (χ1) is 14.1. The van der Waals surface area contributed by atoms with Crippen LogP contribution in [0.4, 0.5) is 18.9 Å². The number of carbonyl (C=O) groups excluding carboxylic acids is 1. The number of anilines is 1. The van der Waals surface area contributed by atoms with Crippen molar-refractivity contribution in [2.45, 2.75) is 25.6 Å². The summed E-state index contributed by atoms with van der Waals surface area (Å²) >= 11 is 6.21. The third-order valence-corrected chi connectivity index (χ3v) is 5.03. The predicted molar refractivity (Wildman–Crippen MR) is 109 cm³/mol. The number of benzene rings is 2. The summed E-state index contributed by atoms with van der Waals surface area (Å²) in [6, 6.07) is 8.51. The number of fused-ring (bicyclic) bond motifs is 1. The average molecular weight is 439 g/mol. The van der Waals surface area contributed by atoms with Gasteiger partial charge in [0.15, 0.2) is 0 Å². The van der Waals surface area contributed by atoms with E-state index in [-0.39, 0.29) is 29.3 Å². The highest BCUT2D eigenvalue weighted by Crippen LogP contribution is 2.31. The van der Waals surface area contributed by atoms with Gasteiger partial charge in [-0.2, -0.15) is 13.2 Å². The van der Waals surface area contributed by atoms with E-state index in [4.69, 9.17) is 11.6 Å². The van der Waals surface area contributed by atoms with E-state index in [0.29, 0.717) is 16.3 Å². The van der Waals surface area contributed by atoms with E-state index >= 15 is 0 Å². The molecule has 0 aliphatic carbocycles. The lowest BCUT2D eigenvalue weighted by atomic mass is 10.1. The minimum atomic E-state index is -4.45. The highest BCUT2D eigenvalue weighted by molar-refractivity contribution is 6.35. The molecular formula is C21H18ClF3N2O3. The van der Waals surface area contributed by atoms with Gasteiger partial charge < -0.3 is 15.0 Å². The lowest BCUT2D eigenvalue weighted by molar-refractivity contribution is -0.137. The zero-order valence-corrected chi connectivity index (χ0v) is 16.6. The Morgan fingerprint density at radius 3 is 2.40 bits per heavy atom. The normalized spacial score (nSPS) is 12.7. The Morgan fingerprint density at radius 1 is 1.13 bits per heavy atom. The molecule has 0 saturated heterocycles. The van der Waals surface area contributed by atoms with Gasteiger partial charge >= 0.3 is 6.18 Å². The fourth-order valence-electron chi connectivity index (χ4n) is 3.06. The van der Waals surface area contributed by atoms with Crippen LogP contribution in [0.25, 0.3) is 10.8 Å². The molecule has 3 aromatic rings. The highest BCUT2D eigenvalue weighted by Gasteiger charge is 2.30. The van der Waals surface area contributed by atoms with E-state index in [9.17, 15) is 27.9 Å². The van der Waals surface area contributed by atoms with Crippen molar-refractivity contribution in [2.24, 2.45) is 0 Å². The van der Waals surface area contributed by atoms with E-state index in [0.717, 1.165) is 12.1 Å². The summed E-state index contributed by atoms with van der Waals surface area (Å²) in [7, 11) is 0. The summed E-state index contributed by atoms with van der Waals surface area (Å²) in [5, 5.41) is 12.9. The number of hydrogen-bond donors (Lipinski definition) is 2. The van der Waals surface area contributed by atoms with Crippen LogP contribution in [0, 0.1) is 0 Å². The molecule has 1 heterocycles. The first-order valence-electron chi connectivity index (χ1n) is 9.02. The SMILES string of the molecule is C[C@H](CO)n1ccc2c(NC(=O)Cc3ccc(C(F)(F)F)cc3)c(Cl)ccc2c1=O. The minimum absolute atomic E-state index is 0.163. The number of aromatic nitrogens is 1. The fraction of sp³-hybridized carbons (Fsp3) is 0.238. The molecule has 1 aromatic heterocycles. The number of amides is 1. The minimum Gasteiger partial charge on any atom is -0.394 e. The Hall–Kier alpha value is -2.84. The van der Waals surface area contributed by atoms with E-state index in [1.165, 1.54) is 35.0 Å². The number of nitrogens with zero attached hydrogens (tertiary/aromatic N) is 1. The van der Waals surface area contributed by atoms with E-state index in [1.807, 2.05) is 0 Å². The number of carbonyl (C=O) groups is 1. The van der Waals surface area contributed by atoms with Gasteiger partial charge in [-0.3, -0.25) is 9.59 Å². The zero-order valence-electron chi connectivity index (χ0n) is 15.8. The second kappa shape index (κ2) is 8.49. The van der Waals surface area contributed by atoms with Gasteiger partial charge in [0.25, 0.3) is 5.56 Å². The third-order valence-electron chi connectivity index (χ3n) is 4.71. The van der Waals surface area contributed by atoms with Crippen LogP contribution in [0.2, 0.25) is 5.02 Å². The summed E-state index contributed by atoms with van der Waals surface area (Å²) in [5.74, 6) is -0.489. The summed E-state index contributed by atoms with van der Waals surface area (Å²) in [4.78, 5) is 25.1. The van der Waals surface area contributed by atoms with Crippen molar-refractivity contribution in [3.63, 3.8) is 0 Å². The molecule has 3 rings (SSSR count). The first-order valence-corrected chi connectivity index (χ1v) is 9.40. The third kappa shape index (κ3) is 4.49. The van der Waals surface area contributed by atoms with Crippen LogP contribution in [0.5, 0.6) is 0 Å². The number of alkyl halides is 3. The first kappa shape index (κ1) is 21.9. The van der Waals surface area contributed by atoms with Crippen molar-refractivity contribution in [1.29, 1.82) is 0 Å². The molecule has 30 heavy (non-hydrogen) atoms. The molecule has 0 radical (unpaired) electrons. The summed E-state index contributed by atoms with van der Waals surface area (Å²) < 4.78 is 39.4. The Balaban J connectivity index is 1.88. The number of aliphatic hydroxyl groups excluding tert-OH is 1. The zero-order chi connectivity index (χ0) is 22.1. The van der Waals surface area contributed by atoms with Gasteiger partial charge in [-0.25, -0.2) is 0 Å². The largest absolute Gasteiger partial charge is 0.416 e. The molecule has 0 unspecified atom stereocenters. The molecule has 0 saturated carbocycles. The molecule has 0 aliphatic rings. The number of hydrogen-bond acceptors (Lipinski definition) is 3. The van der Waals surface area contributed by atoms with E-state index in [2.05, 4.69) is 5.32 Å². The number of pyridine rings is 1. The van der Waals surface area contributed by atoms with Gasteiger partial charge in [0, 0.05) is 17.0 Å². The van der Waals surface area contributed by atoms with Crippen molar-refractivity contribution >= 4 is 34.0 Å². The number of aliphatic hydroxyl groups is 1. The quantitative estimate of drug-likeness (QED) is 0.620. The molecule has 0 bridgehead atoms. The van der Waals surface area contributed by atoms with Crippen molar-refractivity contribution < 1.29 is 23.1 Å². The van der Waals surface area contributed by atoms with Gasteiger partial charge in [0.1, 0.15) is 0 Å². The van der Waals surface area contributed by atoms with Crippen LogP contribution >= 0.6 is 11.6 Å². The lowest BCUT2D eigenvalue weighted by Crippen LogP contribution is -2.25. The number of rotatable bonds is 5. The molecule has 0 fully saturated rings. The maximum atomic E-state index is 12.7. The summed E-state index contributed by atoms with van der Waals surface area (Å²) in [6.07, 6.45) is -3.10. The number of halogens is 4. The Kier molecular flexibility index (Phi) is 6.19. The van der Waals surface area contributed by atoms with Gasteiger partial charge in [-0.05, 0) is 42.8 Å². The molecule has 0 spiro atoms. The van der Waals surface area contributed by atoms with Gasteiger partial charge in [0.05, 0.1) is 35.3 Å². The van der Waals surface area contributed by atoms with Gasteiger partial charge in [-0.1, -0.05) is 23.7 Å². The van der Waals surface area contributed by atoms with Crippen LogP contribution in [0.1, 0.15) is 24.1 Å². The Labute approximate surface area is 174 Å². The highest BCUT2D eigenvalue weighted by atomic mass is 35.5. The molecule has 158 valence electrons. The van der Waals surface area contributed by atoms with Crippen molar-refractivity contribution in [1.82, 2.24) is 4.57 Å². The maximum absolute atomic E-state index is 12.7. The van der Waals surface area contributed by atoms with Gasteiger partial charge in [-0.15, -0.1) is 0 Å². The van der Waals surface area contributed by atoms with E-state index < -0.39 is 23.7 Å². The molecule has 2 aromatic carbocycles. The molecule has 5 nitrogen and oxygen atoms in total. The Bertz CT molecular complexity index is 1140. The molecular weight excluding hydrogens is 421 g/mol. The second-order valence-corrected chi connectivity index (χ2v) is 7.27. The van der Waals surface area contributed by atoms with Crippen LogP contribution in [-0.2, 0) is 17.4 Å². The standard InChI is InChI=1S/C21H18ClF3N2O3/c1-12(11-28)27-9-8-15-16(20(27)30)6-7-17(22)19(15)26-18(29)10-13-2-4-14(5-3-13)21(23,24)25/h2-9,12,28H,10-11H2,1H3,(H,26,29)/t12-/m1/s1. The fourth-order valence-corrected chi connectivity index (χ4v) is 3.27. The summed E-state index contributed by atoms with van der Waals surface area (Å²) in [6.45, 7) is 1.48. The van der Waals surface area contributed by atoms with E-state index in [1.54, 1.807) is 13.0 Å². The molecule has 0 aliphatic heterocycles. The van der Waals surface area contributed by atoms with Crippen LogP contribution in [0.3, 0.4) is 0 Å². The molecule has 1 amide bonds. The second-order valence-electron chi connectivity index (χ2n) is 6.86. The summed E-state index contributed by atoms with van der Waals surface area (Å²) in [5.41, 5.74) is -0.496. The molecule has 9 heteroatoms. The van der Waals surface area contributed by atoms with Crippen molar-refractivity contribution in [2.75, 3.05) is 11.9 Å². The van der Waals surface area contributed by atoms with Crippen molar-refractivity contribution in [3.05, 3.63) is 75.2 Å². The Morgan fingerprint density at radius 2 is 1.80 bits per heavy atom. The number of nitrogens with one attached hydrogen (secondary N) is 1. The molecule has 2 N–H and O–H groups in total. The monoisotopic (exact) mass is 438 g/mol. The lowest BCUT2D eigenvalue weighted by Gasteiger charge is -2.15.